The largest absolute Gasteiger partial charge is 0.469 e. The molecule has 55 heavy (non-hydrogen) atoms. The van der Waals surface area contributed by atoms with Gasteiger partial charge in [-0.3, -0.25) is 38.6 Å². The number of piperazine rings is 1. The molecule has 5 amide bonds. The monoisotopic (exact) mass is 743 g/mol. The Morgan fingerprint density at radius 1 is 0.891 bits per heavy atom. The first kappa shape index (κ1) is 35.6. The number of carbonyl (C=O) groups excluding carboxylic acids is 5. The zero-order valence-electron chi connectivity index (χ0n) is 30.3. The molecule has 15 nitrogen and oxygen atoms in total. The molecule has 0 saturated carbocycles. The Labute approximate surface area is 316 Å². The molecule has 0 radical (unpaired) electrons. The lowest BCUT2D eigenvalue weighted by molar-refractivity contribution is -0.136. The lowest BCUT2D eigenvalue weighted by Crippen LogP contribution is -2.54. The number of benzene rings is 2. The molecule has 2 aromatic carbocycles. The van der Waals surface area contributed by atoms with Crippen molar-refractivity contribution in [3.63, 3.8) is 0 Å². The quantitative estimate of drug-likeness (QED) is 0.132. The van der Waals surface area contributed by atoms with Crippen LogP contribution >= 0.6 is 0 Å². The van der Waals surface area contributed by atoms with Crippen molar-refractivity contribution in [2.24, 2.45) is 0 Å². The number of carbonyl (C=O) groups is 5. The van der Waals surface area contributed by atoms with Crippen LogP contribution in [0.2, 0.25) is 0 Å². The van der Waals surface area contributed by atoms with Gasteiger partial charge in [0.25, 0.3) is 11.8 Å². The third-order valence-corrected chi connectivity index (χ3v) is 10.6. The summed E-state index contributed by atoms with van der Waals surface area (Å²) in [6, 6.07) is 16.2. The maximum Gasteiger partial charge on any atom is 0.264 e. The summed E-state index contributed by atoms with van der Waals surface area (Å²) in [6.07, 6.45) is 9.66. The van der Waals surface area contributed by atoms with Gasteiger partial charge in [-0.1, -0.05) is 24.6 Å². The first-order valence-corrected chi connectivity index (χ1v) is 18.8. The highest BCUT2D eigenvalue weighted by molar-refractivity contribution is 6.25. The summed E-state index contributed by atoms with van der Waals surface area (Å²) < 4.78 is 7.40. The van der Waals surface area contributed by atoms with Gasteiger partial charge in [0.2, 0.25) is 17.7 Å². The van der Waals surface area contributed by atoms with Gasteiger partial charge in [0.05, 0.1) is 17.4 Å². The number of furan rings is 1. The van der Waals surface area contributed by atoms with E-state index in [0.29, 0.717) is 38.2 Å². The number of hydrogen-bond acceptors (Lipinski definition) is 11. The Kier molecular flexibility index (Phi) is 10.1. The summed E-state index contributed by atoms with van der Waals surface area (Å²) in [5.74, 6) is -0.179. The van der Waals surface area contributed by atoms with E-state index < -0.39 is 29.7 Å². The van der Waals surface area contributed by atoms with Crippen LogP contribution in [0.4, 0.5) is 11.4 Å². The van der Waals surface area contributed by atoms with E-state index in [1.165, 1.54) is 0 Å². The average molecular weight is 744 g/mol. The number of rotatable bonds is 13. The van der Waals surface area contributed by atoms with Crippen molar-refractivity contribution in [2.75, 3.05) is 42.9 Å². The Morgan fingerprint density at radius 2 is 1.73 bits per heavy atom. The van der Waals surface area contributed by atoms with Crippen LogP contribution < -0.4 is 15.5 Å². The van der Waals surface area contributed by atoms with Crippen LogP contribution in [-0.4, -0.2) is 97.7 Å². The number of hydrogen-bond donors (Lipinski definition) is 2. The lowest BCUT2D eigenvalue weighted by atomic mass is 10.0. The second-order valence-electron chi connectivity index (χ2n) is 14.0. The molecule has 2 N–H and O–H groups in total. The molecule has 6 heterocycles. The maximum absolute atomic E-state index is 13.3. The van der Waals surface area contributed by atoms with Gasteiger partial charge in [-0.2, -0.15) is 0 Å². The number of piperidine rings is 1. The van der Waals surface area contributed by atoms with E-state index in [1.54, 1.807) is 30.8 Å². The molecule has 3 aliphatic rings. The van der Waals surface area contributed by atoms with Crippen molar-refractivity contribution in [3.05, 3.63) is 96.1 Å². The van der Waals surface area contributed by atoms with Gasteiger partial charge in [0.15, 0.2) is 5.65 Å². The number of aromatic nitrogens is 4. The zero-order valence-corrected chi connectivity index (χ0v) is 30.3. The minimum atomic E-state index is -1.00. The Morgan fingerprint density at radius 3 is 2.51 bits per heavy atom. The molecule has 1 unspecified atom stereocenters. The van der Waals surface area contributed by atoms with Crippen LogP contribution in [0, 0.1) is 0 Å². The molecule has 15 heteroatoms. The van der Waals surface area contributed by atoms with Crippen molar-refractivity contribution in [2.45, 2.75) is 57.4 Å². The summed E-state index contributed by atoms with van der Waals surface area (Å²) in [5, 5.41) is 14.0. The van der Waals surface area contributed by atoms with Gasteiger partial charge < -0.3 is 19.5 Å². The molecule has 3 aliphatic heterocycles. The Balaban J connectivity index is 0.773. The van der Waals surface area contributed by atoms with E-state index in [9.17, 15) is 24.0 Å². The fourth-order valence-corrected chi connectivity index (χ4v) is 7.63. The van der Waals surface area contributed by atoms with Crippen LogP contribution in [0.3, 0.4) is 0 Å². The second-order valence-corrected chi connectivity index (χ2v) is 14.0. The molecule has 3 aromatic heterocycles. The standard InChI is InChI=1S/C40H41N9O6/c50-34-17-15-32(38(52)44-34)49-39(53)29-7-4-8-31(36(29)40(49)54)41-18-3-1-2-9-35(51)47-21-19-46(20-22-47)27-12-10-26(11-13-27)30-24-42-33(48-25-43-45-37(30)48)16-14-28-6-5-23-55-28/h4-8,10-13,23-25,32,41H,1-3,9,14-22H2,(H,44,50,52). The predicted molar refractivity (Wildman–Crippen MR) is 201 cm³/mol. The highest BCUT2D eigenvalue weighted by Gasteiger charge is 2.45. The first-order valence-electron chi connectivity index (χ1n) is 18.8. The Bertz CT molecular complexity index is 2240. The fourth-order valence-electron chi connectivity index (χ4n) is 7.63. The molecular formula is C40H41N9O6. The summed E-state index contributed by atoms with van der Waals surface area (Å²) in [4.78, 5) is 73.4. The zero-order chi connectivity index (χ0) is 37.9. The normalized spacial score (nSPS) is 17.2. The van der Waals surface area contributed by atoms with E-state index in [0.717, 1.165) is 77.7 Å². The van der Waals surface area contributed by atoms with Gasteiger partial charge in [-0.15, -0.1) is 10.2 Å². The molecule has 5 aromatic rings. The third kappa shape index (κ3) is 7.29. The highest BCUT2D eigenvalue weighted by Crippen LogP contribution is 2.33. The van der Waals surface area contributed by atoms with Crippen molar-refractivity contribution < 1.29 is 28.4 Å². The number of anilines is 2. The van der Waals surface area contributed by atoms with E-state index in [2.05, 4.69) is 50.0 Å². The fraction of sp³-hybridized carbons (Fsp3) is 0.350. The van der Waals surface area contributed by atoms with Crippen LogP contribution in [0.1, 0.15) is 70.8 Å². The molecule has 2 saturated heterocycles. The first-order chi connectivity index (χ1) is 26.9. The van der Waals surface area contributed by atoms with Crippen molar-refractivity contribution >= 4 is 46.6 Å². The van der Waals surface area contributed by atoms with Crippen molar-refractivity contribution in [1.82, 2.24) is 34.7 Å². The SMILES string of the molecule is O=C1CCC(N2C(=O)c3cccc(NCCCCCC(=O)N4CCN(c5ccc(-c6cnc(CCc7ccco7)n7cnnc67)cc5)CC4)c3C2=O)C(=O)N1. The number of unbranched alkanes of at least 4 members (excludes halogenated alkanes) is 2. The van der Waals surface area contributed by atoms with E-state index >= 15 is 0 Å². The van der Waals surface area contributed by atoms with E-state index in [-0.39, 0.29) is 29.9 Å². The number of fused-ring (bicyclic) bond motifs is 2. The lowest BCUT2D eigenvalue weighted by Gasteiger charge is -2.36. The highest BCUT2D eigenvalue weighted by atomic mass is 16.3. The smallest absolute Gasteiger partial charge is 0.264 e. The minimum absolute atomic E-state index is 0.0710. The molecule has 1 atom stereocenters. The van der Waals surface area contributed by atoms with Crippen LogP contribution in [0.5, 0.6) is 0 Å². The molecule has 0 spiro atoms. The Hall–Kier alpha value is -6.38. The van der Waals surface area contributed by atoms with Crippen LogP contribution in [0.15, 0.2) is 77.8 Å². The second kappa shape index (κ2) is 15.5. The van der Waals surface area contributed by atoms with Crippen LogP contribution in [0.25, 0.3) is 16.8 Å². The van der Waals surface area contributed by atoms with Gasteiger partial charge >= 0.3 is 0 Å². The van der Waals surface area contributed by atoms with E-state index in [1.807, 2.05) is 27.6 Å². The number of imide groups is 2. The maximum atomic E-state index is 13.3. The predicted octanol–water partition coefficient (Wildman–Crippen LogP) is 3.89. The molecule has 0 aliphatic carbocycles. The topological polar surface area (TPSA) is 175 Å². The molecule has 2 fully saturated rings. The number of aryl methyl sites for hydroxylation is 2. The summed E-state index contributed by atoms with van der Waals surface area (Å²) in [7, 11) is 0. The minimum Gasteiger partial charge on any atom is -0.469 e. The van der Waals surface area contributed by atoms with Crippen molar-refractivity contribution in [3.8, 4) is 11.1 Å². The number of nitrogens with one attached hydrogen (secondary N) is 2. The van der Waals surface area contributed by atoms with Gasteiger partial charge in [0.1, 0.15) is 24.0 Å². The summed E-state index contributed by atoms with van der Waals surface area (Å²) >= 11 is 0. The van der Waals surface area contributed by atoms with Gasteiger partial charge in [0, 0.05) is 81.5 Å². The molecule has 8 rings (SSSR count). The summed E-state index contributed by atoms with van der Waals surface area (Å²) in [6.45, 7) is 3.37. The molecular weight excluding hydrogens is 702 g/mol. The number of nitrogens with zero attached hydrogens (tertiary/aromatic N) is 7. The number of amides is 5. The third-order valence-electron chi connectivity index (χ3n) is 10.6. The van der Waals surface area contributed by atoms with Crippen LogP contribution in [-0.2, 0) is 27.2 Å². The van der Waals surface area contributed by atoms with Gasteiger partial charge in [-0.25, -0.2) is 4.98 Å². The summed E-state index contributed by atoms with van der Waals surface area (Å²) in [5.41, 5.74) is 4.79. The average Bonchev–Trinajstić information content (AvgIpc) is 3.97. The van der Waals surface area contributed by atoms with Gasteiger partial charge in [-0.05, 0) is 61.2 Å². The van der Waals surface area contributed by atoms with Crippen molar-refractivity contribution in [1.29, 1.82) is 0 Å². The van der Waals surface area contributed by atoms with E-state index in [4.69, 9.17) is 9.40 Å². The molecule has 282 valence electrons. The molecule has 0 bridgehead atoms.